The molecule has 0 radical (unpaired) electrons. The summed E-state index contributed by atoms with van der Waals surface area (Å²) in [5, 5.41) is 0. The Morgan fingerprint density at radius 3 is 2.45 bits per heavy atom. The van der Waals surface area contributed by atoms with Crippen LogP contribution >= 0.6 is 0 Å². The van der Waals surface area contributed by atoms with Crippen molar-refractivity contribution in [2.45, 2.75) is 6.54 Å². The van der Waals surface area contributed by atoms with Gasteiger partial charge in [0, 0.05) is 0 Å². The average molecular weight is 331 g/mol. The van der Waals surface area contributed by atoms with E-state index in [1.165, 1.54) is 9.34 Å². The molecule has 1 aromatic rings. The first-order chi connectivity index (χ1) is 5.20. The van der Waals surface area contributed by atoms with Gasteiger partial charge in [0.25, 0.3) is 0 Å². The predicted molar refractivity (Wildman–Crippen MR) is 43.5 cm³/mol. The van der Waals surface area contributed by atoms with E-state index in [0.29, 0.717) is 0 Å². The van der Waals surface area contributed by atoms with Crippen LogP contribution in [0, 0.1) is 0 Å². The normalized spacial score (nSPS) is 10.6. The maximum atomic E-state index is 2.55. The fourth-order valence-corrected chi connectivity index (χ4v) is 1.51. The average Bonchev–Trinajstić information content (AvgIpc) is 1.93. The van der Waals surface area contributed by atoms with Crippen LogP contribution in [0.5, 0.6) is 0 Å². The first-order valence-electron chi connectivity index (χ1n) is 3.54. The molecule has 1 aromatic carbocycles. The maximum absolute atomic E-state index is 2.55. The standard InChI is InChI=1S/C9H12N.Au/c1-10(2)8-9-6-4-3-5-7-9;/h3-6H,8H2,1-2H3;/q;+2. The quantitative estimate of drug-likeness (QED) is 0.729. The number of benzene rings is 1. The summed E-state index contributed by atoms with van der Waals surface area (Å²) in [4.78, 5) is 2.17. The third-order valence-electron chi connectivity index (χ3n) is 1.41. The summed E-state index contributed by atoms with van der Waals surface area (Å²) >= 11 is 2.55. The third kappa shape index (κ3) is 2.80. The molecule has 1 nitrogen and oxygen atoms in total. The molecule has 0 fully saturated rings. The van der Waals surface area contributed by atoms with Crippen LogP contribution in [0.1, 0.15) is 5.56 Å². The molecular weight excluding hydrogens is 319 g/mol. The van der Waals surface area contributed by atoms with E-state index < -0.39 is 0 Å². The van der Waals surface area contributed by atoms with Gasteiger partial charge < -0.3 is 0 Å². The van der Waals surface area contributed by atoms with Gasteiger partial charge in [-0.15, -0.1) is 0 Å². The Kier molecular flexibility index (Phi) is 3.34. The van der Waals surface area contributed by atoms with Crippen LogP contribution in [0.15, 0.2) is 24.3 Å². The number of hydrogen-bond donors (Lipinski definition) is 0. The monoisotopic (exact) mass is 331 g/mol. The third-order valence-corrected chi connectivity index (χ3v) is 2.46. The Morgan fingerprint density at radius 1 is 1.27 bits per heavy atom. The van der Waals surface area contributed by atoms with Crippen LogP contribution in [0.4, 0.5) is 0 Å². The van der Waals surface area contributed by atoms with Crippen molar-refractivity contribution in [1.29, 1.82) is 0 Å². The summed E-state index contributed by atoms with van der Waals surface area (Å²) in [7, 11) is 4.17. The second-order valence-electron chi connectivity index (χ2n) is 2.79. The van der Waals surface area contributed by atoms with Crippen LogP contribution in [0.2, 0.25) is 0 Å². The van der Waals surface area contributed by atoms with Gasteiger partial charge in [-0.25, -0.2) is 0 Å². The summed E-state index contributed by atoms with van der Waals surface area (Å²) in [6.07, 6.45) is 0. The van der Waals surface area contributed by atoms with Gasteiger partial charge in [-0.1, -0.05) is 0 Å². The number of hydrogen-bond acceptors (Lipinski definition) is 1. The molecule has 0 aromatic heterocycles. The molecule has 0 bridgehead atoms. The van der Waals surface area contributed by atoms with Gasteiger partial charge in [0.1, 0.15) is 0 Å². The molecule has 2 heteroatoms. The molecule has 0 amide bonds. The molecule has 0 saturated carbocycles. The van der Waals surface area contributed by atoms with E-state index >= 15 is 0 Å². The Hall–Kier alpha value is -0.0797. The van der Waals surface area contributed by atoms with Gasteiger partial charge in [0.15, 0.2) is 0 Å². The molecule has 0 saturated heterocycles. The molecule has 11 heavy (non-hydrogen) atoms. The zero-order chi connectivity index (χ0) is 8.27. The zero-order valence-electron chi connectivity index (χ0n) is 6.77. The molecule has 0 aliphatic heterocycles. The SMILES string of the molecule is CN(C)Cc1cccc[c]1[Au+2]. The summed E-state index contributed by atoms with van der Waals surface area (Å²) in [5.41, 5.74) is 1.39. The van der Waals surface area contributed by atoms with Crippen LogP contribution < -0.4 is 3.78 Å². The summed E-state index contributed by atoms with van der Waals surface area (Å²) < 4.78 is 1.32. The van der Waals surface area contributed by atoms with E-state index in [0.717, 1.165) is 6.54 Å². The minimum atomic E-state index is 1.02. The van der Waals surface area contributed by atoms with Crippen molar-refractivity contribution >= 4 is 3.78 Å². The van der Waals surface area contributed by atoms with Gasteiger partial charge in [-0.3, -0.25) is 0 Å². The molecule has 0 heterocycles. The van der Waals surface area contributed by atoms with Crippen molar-refractivity contribution in [3.8, 4) is 0 Å². The van der Waals surface area contributed by atoms with E-state index in [1.54, 1.807) is 0 Å². The van der Waals surface area contributed by atoms with E-state index in [-0.39, 0.29) is 0 Å². The Labute approximate surface area is 80.3 Å². The van der Waals surface area contributed by atoms with Gasteiger partial charge >= 0.3 is 80.2 Å². The van der Waals surface area contributed by atoms with Crippen LogP contribution in [0.3, 0.4) is 0 Å². The fraction of sp³-hybridized carbons (Fsp3) is 0.333. The Balaban J connectivity index is 2.78. The zero-order valence-corrected chi connectivity index (χ0v) is 8.93. The van der Waals surface area contributed by atoms with Gasteiger partial charge in [-0.05, 0) is 0 Å². The van der Waals surface area contributed by atoms with Gasteiger partial charge in [-0.2, -0.15) is 0 Å². The van der Waals surface area contributed by atoms with Gasteiger partial charge in [0.2, 0.25) is 0 Å². The van der Waals surface area contributed by atoms with E-state index in [4.69, 9.17) is 0 Å². The molecule has 0 unspecified atom stereocenters. The van der Waals surface area contributed by atoms with E-state index in [9.17, 15) is 0 Å². The van der Waals surface area contributed by atoms with Crippen molar-refractivity contribution in [2.75, 3.05) is 14.1 Å². The van der Waals surface area contributed by atoms with Crippen LogP contribution in [-0.4, -0.2) is 19.0 Å². The second kappa shape index (κ2) is 4.07. The van der Waals surface area contributed by atoms with Crippen molar-refractivity contribution in [2.24, 2.45) is 0 Å². The topological polar surface area (TPSA) is 3.24 Å². The van der Waals surface area contributed by atoms with Crippen LogP contribution in [-0.2, 0) is 27.6 Å². The molecule has 0 spiro atoms. The molecule has 0 aliphatic carbocycles. The number of nitrogens with zero attached hydrogens (tertiary/aromatic N) is 1. The molecule has 62 valence electrons. The van der Waals surface area contributed by atoms with Gasteiger partial charge in [0.05, 0.1) is 0 Å². The first kappa shape index (κ1) is 9.01. The minimum absolute atomic E-state index is 1.02. The van der Waals surface area contributed by atoms with Crippen molar-refractivity contribution < 1.29 is 21.1 Å². The molecule has 1 rings (SSSR count). The van der Waals surface area contributed by atoms with Crippen LogP contribution in [0.25, 0.3) is 0 Å². The van der Waals surface area contributed by atoms with E-state index in [2.05, 4.69) is 64.3 Å². The van der Waals surface area contributed by atoms with Crippen molar-refractivity contribution in [3.05, 3.63) is 29.8 Å². The number of rotatable bonds is 2. The summed E-state index contributed by atoms with van der Waals surface area (Å²) in [5.74, 6) is 0. The van der Waals surface area contributed by atoms with Crippen molar-refractivity contribution in [1.82, 2.24) is 4.90 Å². The predicted octanol–water partition coefficient (Wildman–Crippen LogP) is 0.920. The Bertz CT molecular complexity index is 233. The first-order valence-corrected chi connectivity index (χ1v) is 4.63. The van der Waals surface area contributed by atoms with Crippen molar-refractivity contribution in [3.63, 3.8) is 0 Å². The molecule has 0 atom stereocenters. The second-order valence-corrected chi connectivity index (χ2v) is 3.96. The fourth-order valence-electron chi connectivity index (χ4n) is 0.948. The molecular formula is C9H12AuN+2. The Morgan fingerprint density at radius 2 is 1.91 bits per heavy atom. The van der Waals surface area contributed by atoms with E-state index in [1.807, 2.05) is 0 Å². The molecule has 0 aliphatic rings. The summed E-state index contributed by atoms with van der Waals surface area (Å²) in [6, 6.07) is 8.43. The summed E-state index contributed by atoms with van der Waals surface area (Å²) in [6.45, 7) is 1.02. The molecule has 0 N–H and O–H groups in total.